The van der Waals surface area contributed by atoms with Gasteiger partial charge in [0.1, 0.15) is 5.82 Å². The minimum atomic E-state index is 0.0809. The first kappa shape index (κ1) is 11.4. The molecule has 0 saturated carbocycles. The lowest BCUT2D eigenvalue weighted by atomic mass is 10.3. The van der Waals surface area contributed by atoms with Crippen molar-refractivity contribution in [1.29, 1.82) is 0 Å². The average molecular weight is 208 g/mol. The molecule has 0 bridgehead atoms. The zero-order valence-corrected chi connectivity index (χ0v) is 9.16. The van der Waals surface area contributed by atoms with Crippen LogP contribution >= 0.6 is 0 Å². The van der Waals surface area contributed by atoms with E-state index in [0.717, 1.165) is 5.82 Å². The fourth-order valence-corrected chi connectivity index (χ4v) is 1.18. The molecule has 82 valence electrons. The van der Waals surface area contributed by atoms with Crippen LogP contribution in [0.2, 0.25) is 0 Å². The van der Waals surface area contributed by atoms with E-state index in [0.29, 0.717) is 25.2 Å². The number of nitrogens with zero attached hydrogens (tertiary/aromatic N) is 3. The van der Waals surface area contributed by atoms with Crippen molar-refractivity contribution in [1.82, 2.24) is 20.1 Å². The molecule has 1 rings (SSSR count). The standard InChI is InChI=1S/C10H16N4O/c1-4-5-6-10(15)14(3)7-9-11-8(2)12-13-9/h4H,1,5-7H2,2-3H3,(H,11,12,13). The summed E-state index contributed by atoms with van der Waals surface area (Å²) in [5.74, 6) is 1.48. The van der Waals surface area contributed by atoms with Crippen molar-refractivity contribution in [3.8, 4) is 0 Å². The van der Waals surface area contributed by atoms with E-state index in [2.05, 4.69) is 21.8 Å². The molecule has 5 nitrogen and oxygen atoms in total. The summed E-state index contributed by atoms with van der Waals surface area (Å²) in [5, 5.41) is 6.71. The fourth-order valence-electron chi connectivity index (χ4n) is 1.18. The predicted octanol–water partition coefficient (Wildman–Crippen LogP) is 1.04. The van der Waals surface area contributed by atoms with Crippen molar-refractivity contribution >= 4 is 5.91 Å². The number of aromatic amines is 1. The number of hydrogen-bond donors (Lipinski definition) is 1. The Kier molecular flexibility index (Phi) is 4.03. The van der Waals surface area contributed by atoms with Gasteiger partial charge in [0.15, 0.2) is 5.82 Å². The molecular weight excluding hydrogens is 192 g/mol. The van der Waals surface area contributed by atoms with Crippen LogP contribution in [0, 0.1) is 6.92 Å². The Labute approximate surface area is 89.2 Å². The monoisotopic (exact) mass is 208 g/mol. The molecule has 0 aliphatic carbocycles. The number of nitrogens with one attached hydrogen (secondary N) is 1. The quantitative estimate of drug-likeness (QED) is 0.735. The molecule has 0 atom stereocenters. The van der Waals surface area contributed by atoms with Gasteiger partial charge in [-0.05, 0) is 13.3 Å². The Hall–Kier alpha value is -1.65. The molecule has 0 spiro atoms. The van der Waals surface area contributed by atoms with Gasteiger partial charge in [-0.3, -0.25) is 9.89 Å². The summed E-state index contributed by atoms with van der Waals surface area (Å²) in [6.07, 6.45) is 2.93. The van der Waals surface area contributed by atoms with Crippen LogP contribution < -0.4 is 0 Å². The van der Waals surface area contributed by atoms with Crippen molar-refractivity contribution in [3.05, 3.63) is 24.3 Å². The minimum absolute atomic E-state index is 0.0809. The highest BCUT2D eigenvalue weighted by Gasteiger charge is 2.10. The van der Waals surface area contributed by atoms with E-state index in [4.69, 9.17) is 0 Å². The summed E-state index contributed by atoms with van der Waals surface area (Å²) in [6.45, 7) is 5.85. The van der Waals surface area contributed by atoms with E-state index >= 15 is 0 Å². The van der Waals surface area contributed by atoms with Gasteiger partial charge in [0.05, 0.1) is 6.54 Å². The van der Waals surface area contributed by atoms with Gasteiger partial charge in [-0.2, -0.15) is 5.10 Å². The molecule has 0 unspecified atom stereocenters. The third-order valence-electron chi connectivity index (χ3n) is 2.01. The first-order valence-electron chi connectivity index (χ1n) is 4.86. The summed E-state index contributed by atoms with van der Waals surface area (Å²) >= 11 is 0. The van der Waals surface area contributed by atoms with Gasteiger partial charge < -0.3 is 4.90 Å². The zero-order valence-electron chi connectivity index (χ0n) is 9.16. The Balaban J connectivity index is 2.44. The van der Waals surface area contributed by atoms with Crippen molar-refractivity contribution in [2.45, 2.75) is 26.3 Å². The molecule has 5 heteroatoms. The van der Waals surface area contributed by atoms with Gasteiger partial charge in [0, 0.05) is 13.5 Å². The van der Waals surface area contributed by atoms with Crippen LogP contribution in [-0.2, 0) is 11.3 Å². The number of carbonyl (C=O) groups is 1. The highest BCUT2D eigenvalue weighted by molar-refractivity contribution is 5.75. The topological polar surface area (TPSA) is 61.9 Å². The number of aryl methyl sites for hydroxylation is 1. The van der Waals surface area contributed by atoms with Crippen LogP contribution in [-0.4, -0.2) is 33.0 Å². The molecule has 0 aliphatic rings. The number of hydrogen-bond acceptors (Lipinski definition) is 3. The van der Waals surface area contributed by atoms with Gasteiger partial charge >= 0.3 is 0 Å². The summed E-state index contributed by atoms with van der Waals surface area (Å²) in [6, 6.07) is 0. The van der Waals surface area contributed by atoms with Crippen LogP contribution in [0.25, 0.3) is 0 Å². The van der Waals surface area contributed by atoms with E-state index < -0.39 is 0 Å². The number of aromatic nitrogens is 3. The average Bonchev–Trinajstić information content (AvgIpc) is 2.60. The Morgan fingerprint density at radius 1 is 1.67 bits per heavy atom. The summed E-state index contributed by atoms with van der Waals surface area (Å²) in [7, 11) is 1.75. The molecule has 1 aromatic heterocycles. The smallest absolute Gasteiger partial charge is 0.223 e. The van der Waals surface area contributed by atoms with E-state index in [1.807, 2.05) is 6.92 Å². The lowest BCUT2D eigenvalue weighted by Crippen LogP contribution is -2.26. The fraction of sp³-hybridized carbons (Fsp3) is 0.500. The Morgan fingerprint density at radius 2 is 2.40 bits per heavy atom. The molecule has 0 radical (unpaired) electrons. The molecule has 1 heterocycles. The highest BCUT2D eigenvalue weighted by Crippen LogP contribution is 2.01. The molecule has 0 aromatic carbocycles. The van der Waals surface area contributed by atoms with Crippen LogP contribution in [0.4, 0.5) is 0 Å². The summed E-state index contributed by atoms with van der Waals surface area (Å²) in [4.78, 5) is 17.3. The van der Waals surface area contributed by atoms with Crippen LogP contribution in [0.1, 0.15) is 24.5 Å². The van der Waals surface area contributed by atoms with Gasteiger partial charge in [0.25, 0.3) is 0 Å². The third-order valence-corrected chi connectivity index (χ3v) is 2.01. The van der Waals surface area contributed by atoms with Crippen molar-refractivity contribution in [2.24, 2.45) is 0 Å². The Morgan fingerprint density at radius 3 is 2.93 bits per heavy atom. The lowest BCUT2D eigenvalue weighted by Gasteiger charge is -2.14. The largest absolute Gasteiger partial charge is 0.338 e. The molecule has 0 saturated heterocycles. The first-order chi connectivity index (χ1) is 7.13. The Bertz CT molecular complexity index is 345. The van der Waals surface area contributed by atoms with Crippen LogP contribution in [0.3, 0.4) is 0 Å². The van der Waals surface area contributed by atoms with Gasteiger partial charge in [-0.25, -0.2) is 4.98 Å². The molecule has 0 fully saturated rings. The number of amides is 1. The highest BCUT2D eigenvalue weighted by atomic mass is 16.2. The van der Waals surface area contributed by atoms with Crippen molar-refractivity contribution < 1.29 is 4.79 Å². The normalized spacial score (nSPS) is 10.0. The molecule has 1 amide bonds. The first-order valence-corrected chi connectivity index (χ1v) is 4.86. The molecule has 1 N–H and O–H groups in total. The van der Waals surface area contributed by atoms with E-state index in [1.54, 1.807) is 18.0 Å². The maximum Gasteiger partial charge on any atom is 0.223 e. The second kappa shape index (κ2) is 5.29. The van der Waals surface area contributed by atoms with Gasteiger partial charge in [-0.1, -0.05) is 6.08 Å². The van der Waals surface area contributed by atoms with Crippen LogP contribution in [0.15, 0.2) is 12.7 Å². The number of allylic oxidation sites excluding steroid dienone is 1. The zero-order chi connectivity index (χ0) is 11.3. The second-order valence-corrected chi connectivity index (χ2v) is 3.41. The second-order valence-electron chi connectivity index (χ2n) is 3.41. The van der Waals surface area contributed by atoms with Crippen molar-refractivity contribution in [2.75, 3.05) is 7.05 Å². The van der Waals surface area contributed by atoms with E-state index in [9.17, 15) is 4.79 Å². The summed E-state index contributed by atoms with van der Waals surface area (Å²) in [5.41, 5.74) is 0. The van der Waals surface area contributed by atoms with Crippen LogP contribution in [0.5, 0.6) is 0 Å². The van der Waals surface area contributed by atoms with E-state index in [1.165, 1.54) is 0 Å². The minimum Gasteiger partial charge on any atom is -0.338 e. The van der Waals surface area contributed by atoms with E-state index in [-0.39, 0.29) is 5.91 Å². The lowest BCUT2D eigenvalue weighted by molar-refractivity contribution is -0.130. The van der Waals surface area contributed by atoms with Gasteiger partial charge in [0.2, 0.25) is 5.91 Å². The molecule has 0 aliphatic heterocycles. The number of H-pyrrole nitrogens is 1. The number of carbonyl (C=O) groups excluding carboxylic acids is 1. The van der Waals surface area contributed by atoms with Gasteiger partial charge in [-0.15, -0.1) is 6.58 Å². The molecular formula is C10H16N4O. The maximum atomic E-state index is 11.5. The summed E-state index contributed by atoms with van der Waals surface area (Å²) < 4.78 is 0. The third kappa shape index (κ3) is 3.53. The number of rotatable bonds is 5. The molecule has 1 aromatic rings. The predicted molar refractivity (Wildman–Crippen MR) is 57.0 cm³/mol. The SMILES string of the molecule is C=CCCC(=O)N(C)Cc1n[nH]c(C)n1. The molecule has 15 heavy (non-hydrogen) atoms. The maximum absolute atomic E-state index is 11.5. The van der Waals surface area contributed by atoms with Crippen molar-refractivity contribution in [3.63, 3.8) is 0 Å².